The predicted molar refractivity (Wildman–Crippen MR) is 72.4 cm³/mol. The number of primary amides is 1. The van der Waals surface area contributed by atoms with Gasteiger partial charge in [0.25, 0.3) is 0 Å². The van der Waals surface area contributed by atoms with Gasteiger partial charge in [-0.2, -0.15) is 0 Å². The molecule has 1 aliphatic carbocycles. The van der Waals surface area contributed by atoms with Crippen molar-refractivity contribution < 1.29 is 9.59 Å². The molecule has 1 aromatic carbocycles. The van der Waals surface area contributed by atoms with E-state index in [-0.39, 0.29) is 5.91 Å². The molecule has 5 nitrogen and oxygen atoms in total. The summed E-state index contributed by atoms with van der Waals surface area (Å²) in [5.74, 6) is -0.345. The van der Waals surface area contributed by atoms with E-state index in [0.29, 0.717) is 31.1 Å². The molecule has 0 radical (unpaired) electrons. The van der Waals surface area contributed by atoms with Crippen LogP contribution in [0, 0.1) is 0 Å². The van der Waals surface area contributed by atoms with Crippen molar-refractivity contribution in [3.63, 3.8) is 0 Å². The van der Waals surface area contributed by atoms with Crippen molar-refractivity contribution in [2.75, 3.05) is 6.54 Å². The third-order valence-corrected chi connectivity index (χ3v) is 3.07. The van der Waals surface area contributed by atoms with Gasteiger partial charge in [0.2, 0.25) is 11.8 Å². The third-order valence-electron chi connectivity index (χ3n) is 3.07. The summed E-state index contributed by atoms with van der Waals surface area (Å²) in [5, 5.41) is 6.08. The molecule has 5 heteroatoms. The van der Waals surface area contributed by atoms with Crippen LogP contribution in [0.4, 0.5) is 0 Å². The van der Waals surface area contributed by atoms with Crippen LogP contribution < -0.4 is 16.4 Å². The van der Waals surface area contributed by atoms with Gasteiger partial charge < -0.3 is 16.4 Å². The number of nitrogens with two attached hydrogens (primary N) is 1. The number of hydrogen-bond acceptors (Lipinski definition) is 3. The van der Waals surface area contributed by atoms with E-state index >= 15 is 0 Å². The lowest BCUT2D eigenvalue weighted by atomic mass is 10.1. The van der Waals surface area contributed by atoms with Crippen LogP contribution in [0.25, 0.3) is 0 Å². The van der Waals surface area contributed by atoms with E-state index in [1.165, 1.54) is 0 Å². The molecule has 0 bridgehead atoms. The van der Waals surface area contributed by atoms with Crippen LogP contribution in [0.5, 0.6) is 0 Å². The van der Waals surface area contributed by atoms with Crippen LogP contribution in [0.1, 0.15) is 35.2 Å². The number of amides is 2. The average molecular weight is 261 g/mol. The van der Waals surface area contributed by atoms with Crippen LogP contribution >= 0.6 is 0 Å². The van der Waals surface area contributed by atoms with Gasteiger partial charge in [0.1, 0.15) is 0 Å². The maximum atomic E-state index is 11.5. The lowest BCUT2D eigenvalue weighted by Crippen LogP contribution is -2.29. The van der Waals surface area contributed by atoms with Gasteiger partial charge in [-0.05, 0) is 24.5 Å². The zero-order chi connectivity index (χ0) is 13.7. The molecule has 0 atom stereocenters. The highest BCUT2D eigenvalue weighted by atomic mass is 16.2. The average Bonchev–Trinajstić information content (AvgIpc) is 3.19. The maximum absolute atomic E-state index is 11.5. The number of rotatable bonds is 7. The van der Waals surface area contributed by atoms with E-state index in [2.05, 4.69) is 10.6 Å². The quantitative estimate of drug-likeness (QED) is 0.626. The van der Waals surface area contributed by atoms with Crippen molar-refractivity contribution >= 4 is 11.8 Å². The van der Waals surface area contributed by atoms with E-state index in [1.54, 1.807) is 12.1 Å². The van der Waals surface area contributed by atoms with Gasteiger partial charge in [-0.1, -0.05) is 18.2 Å². The Morgan fingerprint density at radius 3 is 2.68 bits per heavy atom. The Balaban J connectivity index is 1.72. The number of benzene rings is 1. The Labute approximate surface area is 112 Å². The second-order valence-electron chi connectivity index (χ2n) is 4.79. The lowest BCUT2D eigenvalue weighted by Gasteiger charge is -2.08. The number of carbonyl (C=O) groups excluding carboxylic acids is 2. The Kier molecular flexibility index (Phi) is 4.52. The van der Waals surface area contributed by atoms with Crippen LogP contribution in [-0.2, 0) is 11.3 Å². The van der Waals surface area contributed by atoms with Gasteiger partial charge in [0, 0.05) is 31.1 Å². The third kappa shape index (κ3) is 4.37. The van der Waals surface area contributed by atoms with Gasteiger partial charge >= 0.3 is 0 Å². The largest absolute Gasteiger partial charge is 0.366 e. The van der Waals surface area contributed by atoms with Crippen molar-refractivity contribution in [2.24, 2.45) is 5.73 Å². The second-order valence-corrected chi connectivity index (χ2v) is 4.79. The first-order valence-corrected chi connectivity index (χ1v) is 6.54. The summed E-state index contributed by atoms with van der Waals surface area (Å²) < 4.78 is 0. The summed E-state index contributed by atoms with van der Waals surface area (Å²) >= 11 is 0. The highest BCUT2D eigenvalue weighted by Crippen LogP contribution is 2.18. The van der Waals surface area contributed by atoms with Gasteiger partial charge in [0.05, 0.1) is 0 Å². The van der Waals surface area contributed by atoms with Crippen LogP contribution in [0.15, 0.2) is 24.3 Å². The minimum absolute atomic E-state index is 0.0817. The molecule has 0 aliphatic heterocycles. The Morgan fingerprint density at radius 1 is 1.26 bits per heavy atom. The van der Waals surface area contributed by atoms with Crippen molar-refractivity contribution in [2.45, 2.75) is 31.8 Å². The van der Waals surface area contributed by atoms with Crippen molar-refractivity contribution in [3.8, 4) is 0 Å². The van der Waals surface area contributed by atoms with E-state index in [4.69, 9.17) is 5.73 Å². The monoisotopic (exact) mass is 261 g/mol. The van der Waals surface area contributed by atoms with Crippen molar-refractivity contribution in [3.05, 3.63) is 35.4 Å². The zero-order valence-corrected chi connectivity index (χ0v) is 10.8. The molecule has 1 aliphatic rings. The molecule has 0 saturated heterocycles. The summed E-state index contributed by atoms with van der Waals surface area (Å²) in [6.45, 7) is 1.13. The van der Waals surface area contributed by atoms with Crippen LogP contribution in [-0.4, -0.2) is 24.4 Å². The lowest BCUT2D eigenvalue weighted by molar-refractivity contribution is -0.121. The number of nitrogens with one attached hydrogen (secondary N) is 2. The molecule has 0 unspecified atom stereocenters. The molecule has 2 amide bonds. The topological polar surface area (TPSA) is 84.2 Å². The molecule has 1 saturated carbocycles. The van der Waals surface area contributed by atoms with Crippen molar-refractivity contribution in [1.29, 1.82) is 0 Å². The first-order chi connectivity index (χ1) is 9.16. The highest BCUT2D eigenvalue weighted by molar-refractivity contribution is 5.94. The fourth-order valence-corrected chi connectivity index (χ4v) is 1.87. The first kappa shape index (κ1) is 13.5. The summed E-state index contributed by atoms with van der Waals surface area (Å²) in [6, 6.07) is 7.62. The Hall–Kier alpha value is -1.88. The SMILES string of the molecule is NC(=O)c1ccccc1CNCCC(=O)NC1CC1. The molecule has 4 N–H and O–H groups in total. The normalized spacial score (nSPS) is 14.1. The smallest absolute Gasteiger partial charge is 0.249 e. The first-order valence-electron chi connectivity index (χ1n) is 6.54. The summed E-state index contributed by atoms with van der Waals surface area (Å²) in [7, 11) is 0. The van der Waals surface area contributed by atoms with Gasteiger partial charge in [-0.15, -0.1) is 0 Å². The summed E-state index contributed by atoms with van der Waals surface area (Å²) in [4.78, 5) is 22.7. The van der Waals surface area contributed by atoms with E-state index < -0.39 is 5.91 Å². The highest BCUT2D eigenvalue weighted by Gasteiger charge is 2.22. The summed E-state index contributed by atoms with van der Waals surface area (Å²) in [5.41, 5.74) is 6.68. The molecule has 1 fully saturated rings. The Morgan fingerprint density at radius 2 is 2.00 bits per heavy atom. The molecule has 0 heterocycles. The van der Waals surface area contributed by atoms with Crippen LogP contribution in [0.3, 0.4) is 0 Å². The van der Waals surface area contributed by atoms with E-state index in [1.807, 2.05) is 12.1 Å². The maximum Gasteiger partial charge on any atom is 0.249 e. The fraction of sp³-hybridized carbons (Fsp3) is 0.429. The molecular formula is C14H19N3O2. The van der Waals surface area contributed by atoms with E-state index in [9.17, 15) is 9.59 Å². The minimum atomic E-state index is -0.427. The second kappa shape index (κ2) is 6.33. The van der Waals surface area contributed by atoms with Gasteiger partial charge in [-0.25, -0.2) is 0 Å². The number of hydrogen-bond donors (Lipinski definition) is 3. The standard InChI is InChI=1S/C14H19N3O2/c15-14(19)12-4-2-1-3-10(12)9-16-8-7-13(18)17-11-5-6-11/h1-4,11,16H,5-9H2,(H2,15,19)(H,17,18). The molecule has 0 spiro atoms. The molecular weight excluding hydrogens is 242 g/mol. The van der Waals surface area contributed by atoms with Crippen LogP contribution in [0.2, 0.25) is 0 Å². The fourth-order valence-electron chi connectivity index (χ4n) is 1.87. The summed E-state index contributed by atoms with van der Waals surface area (Å²) in [6.07, 6.45) is 2.66. The molecule has 102 valence electrons. The van der Waals surface area contributed by atoms with Crippen molar-refractivity contribution in [1.82, 2.24) is 10.6 Å². The van der Waals surface area contributed by atoms with Gasteiger partial charge in [0.15, 0.2) is 0 Å². The molecule has 19 heavy (non-hydrogen) atoms. The molecule has 0 aromatic heterocycles. The van der Waals surface area contributed by atoms with E-state index in [0.717, 1.165) is 18.4 Å². The molecule has 1 aromatic rings. The predicted octanol–water partition coefficient (Wildman–Crippen LogP) is 0.544. The van der Waals surface area contributed by atoms with Gasteiger partial charge in [-0.3, -0.25) is 9.59 Å². The number of carbonyl (C=O) groups is 2. The molecule has 2 rings (SSSR count). The minimum Gasteiger partial charge on any atom is -0.366 e. The zero-order valence-electron chi connectivity index (χ0n) is 10.8. The Bertz CT molecular complexity index is 470.